The van der Waals surface area contributed by atoms with E-state index in [0.717, 1.165) is 88.4 Å². The van der Waals surface area contributed by atoms with Gasteiger partial charge in [-0.1, -0.05) is 60.3 Å². The minimum atomic E-state index is 0.827. The summed E-state index contributed by atoms with van der Waals surface area (Å²) in [6.45, 7) is 0. The third-order valence-electron chi connectivity index (χ3n) is 9.02. The molecule has 5 heterocycles. The molecule has 8 heteroatoms. The smallest absolute Gasteiger partial charge is 0.220 e. The molecule has 0 aliphatic carbocycles. The highest BCUT2D eigenvalue weighted by atomic mass is 32.2. The first-order valence-corrected chi connectivity index (χ1v) is 16.0. The number of aromatic nitrogens is 6. The van der Waals surface area contributed by atoms with Gasteiger partial charge in [0, 0.05) is 12.1 Å². The van der Waals surface area contributed by atoms with E-state index >= 15 is 0 Å². The van der Waals surface area contributed by atoms with Crippen molar-refractivity contribution in [3.63, 3.8) is 0 Å². The highest BCUT2D eigenvalue weighted by molar-refractivity contribution is 7.99. The summed E-state index contributed by atoms with van der Waals surface area (Å²) >= 11 is 1.73. The molecule has 0 fully saturated rings. The quantitative estimate of drug-likeness (QED) is 0.196. The van der Waals surface area contributed by atoms with Crippen LogP contribution in [0.3, 0.4) is 0 Å². The molecule has 10 aromatic rings. The molecule has 216 valence electrons. The molecule has 7 nitrogen and oxygen atoms in total. The molecule has 0 amide bonds. The summed E-state index contributed by atoms with van der Waals surface area (Å²) in [7, 11) is 0. The van der Waals surface area contributed by atoms with Gasteiger partial charge in [-0.3, -0.25) is 17.9 Å². The Bertz CT molecular complexity index is 2690. The monoisotopic (exact) mass is 610 g/mol. The van der Waals surface area contributed by atoms with Crippen LogP contribution in [0.2, 0.25) is 0 Å². The zero-order chi connectivity index (χ0) is 29.9. The number of nitrogens with zero attached hydrogens (tertiary/aromatic N) is 6. The number of rotatable bonds is 2. The Morgan fingerprint density at radius 1 is 0.435 bits per heavy atom. The number of hydrogen-bond donors (Lipinski definition) is 0. The standard InChI is InChI=1S/C38H22N6OS/c1-3-11-27-25(9-1)39-37-41(29-13-5-7-15-31(29)43(27)37)23-17-19-35-33(21-23)45-34-22-24(18-20-36(34)46-35)42-30-14-6-8-16-32(30)44-28-12-4-2-10-26(28)40-38(42)44/h1-22H. The van der Waals surface area contributed by atoms with E-state index in [-0.39, 0.29) is 0 Å². The summed E-state index contributed by atoms with van der Waals surface area (Å²) in [5.74, 6) is 3.41. The summed E-state index contributed by atoms with van der Waals surface area (Å²) in [5.41, 5.74) is 10.6. The highest BCUT2D eigenvalue weighted by Crippen LogP contribution is 2.49. The maximum absolute atomic E-state index is 6.72. The van der Waals surface area contributed by atoms with Crippen molar-refractivity contribution in [2.24, 2.45) is 0 Å². The van der Waals surface area contributed by atoms with E-state index in [0.29, 0.717) is 0 Å². The van der Waals surface area contributed by atoms with Crippen LogP contribution in [0, 0.1) is 0 Å². The predicted octanol–water partition coefficient (Wildman–Crippen LogP) is 9.43. The van der Waals surface area contributed by atoms with Gasteiger partial charge in [-0.25, -0.2) is 9.97 Å². The van der Waals surface area contributed by atoms with Gasteiger partial charge in [0.25, 0.3) is 0 Å². The molecule has 11 rings (SSSR count). The van der Waals surface area contributed by atoms with Crippen LogP contribution in [0.4, 0.5) is 0 Å². The number of benzene rings is 6. The fraction of sp³-hybridized carbons (Fsp3) is 0. The Kier molecular flexibility index (Phi) is 4.66. The molecule has 1 aliphatic heterocycles. The molecule has 1 aliphatic rings. The summed E-state index contributed by atoms with van der Waals surface area (Å²) in [4.78, 5) is 12.3. The average molecular weight is 611 g/mol. The second kappa shape index (κ2) is 8.80. The van der Waals surface area contributed by atoms with Crippen LogP contribution in [-0.2, 0) is 0 Å². The second-order valence-corrected chi connectivity index (χ2v) is 12.7. The van der Waals surface area contributed by atoms with E-state index in [1.54, 1.807) is 11.8 Å². The molecule has 0 N–H and O–H groups in total. The van der Waals surface area contributed by atoms with Crippen molar-refractivity contribution in [3.8, 4) is 22.9 Å². The lowest BCUT2D eigenvalue weighted by Crippen LogP contribution is -2.01. The molecular weight excluding hydrogens is 589 g/mol. The molecule has 6 aromatic carbocycles. The van der Waals surface area contributed by atoms with E-state index in [2.05, 4.69) is 139 Å². The van der Waals surface area contributed by atoms with Crippen LogP contribution in [-0.4, -0.2) is 27.9 Å². The normalized spacial score (nSPS) is 12.9. The van der Waals surface area contributed by atoms with Gasteiger partial charge < -0.3 is 4.74 Å². The Labute approximate surface area is 265 Å². The summed E-state index contributed by atoms with van der Waals surface area (Å²) in [6, 6.07) is 46.4. The first-order chi connectivity index (χ1) is 22.8. The Hall–Kier alpha value is -5.99. The highest BCUT2D eigenvalue weighted by Gasteiger charge is 2.23. The topological polar surface area (TPSA) is 53.7 Å². The van der Waals surface area contributed by atoms with Crippen molar-refractivity contribution >= 4 is 67.5 Å². The number of imidazole rings is 4. The van der Waals surface area contributed by atoms with Gasteiger partial charge in [0.15, 0.2) is 0 Å². The molecule has 4 aromatic heterocycles. The lowest BCUT2D eigenvalue weighted by atomic mass is 10.2. The molecule has 0 saturated carbocycles. The summed E-state index contributed by atoms with van der Waals surface area (Å²) < 4.78 is 15.6. The van der Waals surface area contributed by atoms with Gasteiger partial charge in [0.2, 0.25) is 11.6 Å². The third kappa shape index (κ3) is 3.18. The fourth-order valence-electron chi connectivity index (χ4n) is 7.05. The second-order valence-electron chi connectivity index (χ2n) is 11.6. The average Bonchev–Trinajstić information content (AvgIpc) is 3.83. The van der Waals surface area contributed by atoms with Crippen molar-refractivity contribution in [2.75, 3.05) is 0 Å². The number of para-hydroxylation sites is 8. The maximum Gasteiger partial charge on any atom is 0.220 e. The Morgan fingerprint density at radius 3 is 1.33 bits per heavy atom. The zero-order valence-corrected chi connectivity index (χ0v) is 25.0. The number of fused-ring (bicyclic) bond motifs is 12. The van der Waals surface area contributed by atoms with E-state index < -0.39 is 0 Å². The number of ether oxygens (including phenoxy) is 1. The summed E-state index contributed by atoms with van der Waals surface area (Å²) in [5, 5.41) is 0. The predicted molar refractivity (Wildman–Crippen MR) is 183 cm³/mol. The maximum atomic E-state index is 6.72. The van der Waals surface area contributed by atoms with Gasteiger partial charge in [-0.15, -0.1) is 0 Å². The van der Waals surface area contributed by atoms with Gasteiger partial charge in [-0.05, 0) is 72.8 Å². The van der Waals surface area contributed by atoms with Crippen LogP contribution in [0.5, 0.6) is 11.5 Å². The van der Waals surface area contributed by atoms with Crippen molar-refractivity contribution in [1.82, 2.24) is 27.9 Å². The third-order valence-corrected chi connectivity index (χ3v) is 10.1. The van der Waals surface area contributed by atoms with E-state index in [1.165, 1.54) is 0 Å². The van der Waals surface area contributed by atoms with E-state index in [9.17, 15) is 0 Å². The van der Waals surface area contributed by atoms with E-state index in [4.69, 9.17) is 14.7 Å². The number of hydrogen-bond acceptors (Lipinski definition) is 4. The molecule has 0 atom stereocenters. The molecule has 0 bridgehead atoms. The van der Waals surface area contributed by atoms with Crippen molar-refractivity contribution in [2.45, 2.75) is 9.79 Å². The lowest BCUT2D eigenvalue weighted by molar-refractivity contribution is 0.454. The van der Waals surface area contributed by atoms with Crippen LogP contribution in [0.25, 0.3) is 67.1 Å². The van der Waals surface area contributed by atoms with Gasteiger partial charge in [0.05, 0.1) is 65.3 Å². The van der Waals surface area contributed by atoms with Crippen LogP contribution < -0.4 is 4.74 Å². The molecule has 0 saturated heterocycles. The van der Waals surface area contributed by atoms with Gasteiger partial charge in [-0.2, -0.15) is 0 Å². The van der Waals surface area contributed by atoms with Crippen LogP contribution in [0.15, 0.2) is 143 Å². The minimum Gasteiger partial charge on any atom is -0.455 e. The molecule has 46 heavy (non-hydrogen) atoms. The van der Waals surface area contributed by atoms with Crippen molar-refractivity contribution in [1.29, 1.82) is 0 Å². The molecule has 0 unspecified atom stereocenters. The van der Waals surface area contributed by atoms with Gasteiger partial charge >= 0.3 is 0 Å². The van der Waals surface area contributed by atoms with E-state index in [1.807, 2.05) is 12.1 Å². The lowest BCUT2D eigenvalue weighted by Gasteiger charge is -2.21. The van der Waals surface area contributed by atoms with Crippen LogP contribution >= 0.6 is 11.8 Å². The van der Waals surface area contributed by atoms with Crippen molar-refractivity contribution in [3.05, 3.63) is 133 Å². The minimum absolute atomic E-state index is 0.827. The fourth-order valence-corrected chi connectivity index (χ4v) is 7.96. The first kappa shape index (κ1) is 24.3. The molecular formula is C38H22N6OS. The molecule has 0 radical (unpaired) electrons. The van der Waals surface area contributed by atoms with Crippen LogP contribution in [0.1, 0.15) is 0 Å². The Balaban J connectivity index is 1.07. The molecule has 0 spiro atoms. The first-order valence-electron chi connectivity index (χ1n) is 15.2. The zero-order valence-electron chi connectivity index (χ0n) is 24.2. The largest absolute Gasteiger partial charge is 0.455 e. The summed E-state index contributed by atoms with van der Waals surface area (Å²) in [6.07, 6.45) is 0. The Morgan fingerprint density at radius 2 is 0.848 bits per heavy atom. The van der Waals surface area contributed by atoms with Crippen molar-refractivity contribution < 1.29 is 4.74 Å². The SMILES string of the molecule is c1ccc2c(c1)nc1n(-c3ccc4c(c3)Oc3cc(-n5c6ccccc6n6c7ccccc7nc56)ccc3S4)c3ccccc3n21. The van der Waals surface area contributed by atoms with Gasteiger partial charge in [0.1, 0.15) is 11.5 Å².